The summed E-state index contributed by atoms with van der Waals surface area (Å²) in [5.41, 5.74) is 6.81. The summed E-state index contributed by atoms with van der Waals surface area (Å²) in [6.07, 6.45) is 0.822. The highest BCUT2D eigenvalue weighted by atomic mass is 35.5. The quantitative estimate of drug-likeness (QED) is 0.691. The maximum atomic E-state index is 5.97. The fourth-order valence-electron chi connectivity index (χ4n) is 1.56. The lowest BCUT2D eigenvalue weighted by atomic mass is 9.92. The Morgan fingerprint density at radius 3 is 3.08 bits per heavy atom. The first-order valence-electron chi connectivity index (χ1n) is 4.27. The normalized spacial score (nSPS) is 26.4. The van der Waals surface area contributed by atoms with Gasteiger partial charge in [-0.15, -0.1) is 0 Å². The highest BCUT2D eigenvalue weighted by Crippen LogP contribution is 2.30. The molecule has 2 N–H and O–H groups in total. The fourth-order valence-corrected chi connectivity index (χ4v) is 1.75. The monoisotopic (exact) mass is 197 g/mol. The van der Waals surface area contributed by atoms with E-state index in [0.717, 1.165) is 22.8 Å². The van der Waals surface area contributed by atoms with Crippen LogP contribution in [0.5, 0.6) is 5.75 Å². The van der Waals surface area contributed by atoms with E-state index in [9.17, 15) is 0 Å². The molecule has 0 saturated heterocycles. The van der Waals surface area contributed by atoms with Gasteiger partial charge in [-0.3, -0.25) is 0 Å². The largest absolute Gasteiger partial charge is 0.491 e. The predicted molar refractivity (Wildman–Crippen MR) is 53.2 cm³/mol. The summed E-state index contributed by atoms with van der Waals surface area (Å²) in [7, 11) is 0. The number of ether oxygens (including phenoxy) is 1. The number of hydrogen-bond acceptors (Lipinski definition) is 2. The van der Waals surface area contributed by atoms with Crippen LogP contribution in [0.25, 0.3) is 0 Å². The lowest BCUT2D eigenvalue weighted by Crippen LogP contribution is -2.47. The van der Waals surface area contributed by atoms with Crippen molar-refractivity contribution >= 4 is 11.6 Å². The van der Waals surface area contributed by atoms with E-state index < -0.39 is 0 Å². The van der Waals surface area contributed by atoms with Crippen LogP contribution in [0.1, 0.15) is 12.5 Å². The molecule has 1 aromatic carbocycles. The highest BCUT2D eigenvalue weighted by Gasteiger charge is 2.26. The molecule has 1 heterocycles. The zero-order valence-corrected chi connectivity index (χ0v) is 8.27. The van der Waals surface area contributed by atoms with Crippen molar-refractivity contribution in [2.75, 3.05) is 6.61 Å². The number of halogens is 1. The predicted octanol–water partition coefficient (Wildman–Crippen LogP) is 1.99. The summed E-state index contributed by atoms with van der Waals surface area (Å²) in [5, 5.41) is 0.736. The molecule has 1 aliphatic rings. The van der Waals surface area contributed by atoms with Gasteiger partial charge in [0.25, 0.3) is 0 Å². The van der Waals surface area contributed by atoms with Crippen molar-refractivity contribution in [2.24, 2.45) is 5.73 Å². The van der Waals surface area contributed by atoms with Crippen LogP contribution in [0, 0.1) is 0 Å². The molecule has 2 rings (SSSR count). The lowest BCUT2D eigenvalue weighted by Gasteiger charge is -2.31. The first kappa shape index (κ1) is 8.85. The Kier molecular flexibility index (Phi) is 1.97. The Bertz CT molecular complexity index is 336. The van der Waals surface area contributed by atoms with Crippen LogP contribution >= 0.6 is 11.6 Å². The van der Waals surface area contributed by atoms with Crippen molar-refractivity contribution in [2.45, 2.75) is 18.9 Å². The van der Waals surface area contributed by atoms with Crippen LogP contribution in [-0.2, 0) is 6.42 Å². The number of benzene rings is 1. The summed E-state index contributed by atoms with van der Waals surface area (Å²) in [6, 6.07) is 5.65. The summed E-state index contributed by atoms with van der Waals surface area (Å²) in [5.74, 6) is 0.910. The van der Waals surface area contributed by atoms with Crippen molar-refractivity contribution < 1.29 is 4.74 Å². The molecule has 0 aromatic heterocycles. The molecule has 0 radical (unpaired) electrons. The molecule has 3 heteroatoms. The van der Waals surface area contributed by atoms with Crippen molar-refractivity contribution in [1.29, 1.82) is 0 Å². The van der Waals surface area contributed by atoms with E-state index in [0.29, 0.717) is 6.61 Å². The van der Waals surface area contributed by atoms with Gasteiger partial charge in [0.1, 0.15) is 12.4 Å². The van der Waals surface area contributed by atoms with Gasteiger partial charge < -0.3 is 10.5 Å². The first-order valence-corrected chi connectivity index (χ1v) is 4.65. The molecular weight excluding hydrogens is 186 g/mol. The van der Waals surface area contributed by atoms with Gasteiger partial charge in [-0.2, -0.15) is 0 Å². The zero-order chi connectivity index (χ0) is 9.47. The minimum Gasteiger partial charge on any atom is -0.491 e. The molecule has 2 nitrogen and oxygen atoms in total. The molecule has 0 amide bonds. The molecule has 0 aliphatic carbocycles. The molecular formula is C10H12ClNO. The molecule has 1 atom stereocenters. The molecule has 1 aliphatic heterocycles. The van der Waals surface area contributed by atoms with Gasteiger partial charge in [-0.05, 0) is 37.1 Å². The highest BCUT2D eigenvalue weighted by molar-refractivity contribution is 6.30. The van der Waals surface area contributed by atoms with Gasteiger partial charge in [-0.25, -0.2) is 0 Å². The number of fused-ring (bicyclic) bond motifs is 1. The van der Waals surface area contributed by atoms with E-state index in [4.69, 9.17) is 22.1 Å². The Morgan fingerprint density at radius 2 is 2.31 bits per heavy atom. The molecule has 0 spiro atoms. The van der Waals surface area contributed by atoms with Gasteiger partial charge in [0.05, 0.1) is 5.54 Å². The summed E-state index contributed by atoms with van der Waals surface area (Å²) >= 11 is 5.87. The van der Waals surface area contributed by atoms with E-state index in [-0.39, 0.29) is 5.54 Å². The SMILES string of the molecule is CC1(N)COc2ccc(Cl)cc2C1. The van der Waals surface area contributed by atoms with E-state index in [2.05, 4.69) is 0 Å². The van der Waals surface area contributed by atoms with E-state index >= 15 is 0 Å². The van der Waals surface area contributed by atoms with Crippen molar-refractivity contribution in [3.63, 3.8) is 0 Å². The second-order valence-corrected chi connectivity index (χ2v) is 4.31. The average molecular weight is 198 g/mol. The summed E-state index contributed by atoms with van der Waals surface area (Å²) < 4.78 is 5.51. The lowest BCUT2D eigenvalue weighted by molar-refractivity contribution is 0.204. The summed E-state index contributed by atoms with van der Waals surface area (Å²) in [6.45, 7) is 2.55. The third-order valence-electron chi connectivity index (χ3n) is 2.17. The van der Waals surface area contributed by atoms with E-state index in [1.807, 2.05) is 25.1 Å². The minimum atomic E-state index is -0.266. The second kappa shape index (κ2) is 2.89. The van der Waals surface area contributed by atoms with Crippen molar-refractivity contribution in [3.05, 3.63) is 28.8 Å². The minimum absolute atomic E-state index is 0.266. The third-order valence-corrected chi connectivity index (χ3v) is 2.41. The topological polar surface area (TPSA) is 35.2 Å². The van der Waals surface area contributed by atoms with Crippen LogP contribution in [0.2, 0.25) is 5.02 Å². The fraction of sp³-hybridized carbons (Fsp3) is 0.400. The maximum absolute atomic E-state index is 5.97. The second-order valence-electron chi connectivity index (χ2n) is 3.87. The standard InChI is InChI=1S/C10H12ClNO/c1-10(12)5-7-4-8(11)2-3-9(7)13-6-10/h2-4H,5-6,12H2,1H3. The maximum Gasteiger partial charge on any atom is 0.122 e. The van der Waals surface area contributed by atoms with Crippen LogP contribution in [0.15, 0.2) is 18.2 Å². The van der Waals surface area contributed by atoms with Crippen LogP contribution in [-0.4, -0.2) is 12.1 Å². The first-order chi connectivity index (χ1) is 6.07. The van der Waals surface area contributed by atoms with Gasteiger partial charge in [0.2, 0.25) is 0 Å². The summed E-state index contributed by atoms with van der Waals surface area (Å²) in [4.78, 5) is 0. The van der Waals surface area contributed by atoms with Gasteiger partial charge in [-0.1, -0.05) is 11.6 Å². The number of rotatable bonds is 0. The van der Waals surface area contributed by atoms with Crippen molar-refractivity contribution in [3.8, 4) is 5.75 Å². The molecule has 1 unspecified atom stereocenters. The Morgan fingerprint density at radius 1 is 1.54 bits per heavy atom. The van der Waals surface area contributed by atoms with E-state index in [1.54, 1.807) is 0 Å². The molecule has 13 heavy (non-hydrogen) atoms. The van der Waals surface area contributed by atoms with E-state index in [1.165, 1.54) is 0 Å². The molecule has 0 saturated carbocycles. The van der Waals surface area contributed by atoms with Gasteiger partial charge in [0.15, 0.2) is 0 Å². The van der Waals surface area contributed by atoms with Crippen LogP contribution < -0.4 is 10.5 Å². The number of nitrogens with two attached hydrogens (primary N) is 1. The smallest absolute Gasteiger partial charge is 0.122 e. The molecule has 0 fully saturated rings. The Hall–Kier alpha value is -0.730. The zero-order valence-electron chi connectivity index (χ0n) is 7.51. The Balaban J connectivity index is 2.38. The van der Waals surface area contributed by atoms with Crippen molar-refractivity contribution in [1.82, 2.24) is 0 Å². The van der Waals surface area contributed by atoms with Gasteiger partial charge >= 0.3 is 0 Å². The molecule has 70 valence electrons. The number of hydrogen-bond donors (Lipinski definition) is 1. The van der Waals surface area contributed by atoms with Gasteiger partial charge in [0, 0.05) is 5.02 Å². The molecule has 0 bridgehead atoms. The molecule has 1 aromatic rings. The average Bonchev–Trinajstić information content (AvgIpc) is 2.01. The Labute approximate surface area is 82.6 Å². The van der Waals surface area contributed by atoms with Crippen LogP contribution in [0.3, 0.4) is 0 Å². The van der Waals surface area contributed by atoms with Crippen LogP contribution in [0.4, 0.5) is 0 Å². The third kappa shape index (κ3) is 1.79.